The van der Waals surface area contributed by atoms with Gasteiger partial charge in [0.1, 0.15) is 11.6 Å². The number of aromatic nitrogens is 1. The average Bonchev–Trinajstić information content (AvgIpc) is 3.01. The van der Waals surface area contributed by atoms with E-state index in [2.05, 4.69) is 10.3 Å². The number of rotatable bonds is 3. The van der Waals surface area contributed by atoms with Crippen LogP contribution in [-0.4, -0.2) is 16.9 Å². The molecule has 1 aliphatic rings. The summed E-state index contributed by atoms with van der Waals surface area (Å²) < 4.78 is 33.1. The van der Waals surface area contributed by atoms with Gasteiger partial charge < -0.3 is 20.8 Å². The number of H-pyrrole nitrogens is 1. The topological polar surface area (TPSA) is 80.1 Å². The Balaban J connectivity index is 1.83. The summed E-state index contributed by atoms with van der Waals surface area (Å²) in [6, 6.07) is 7.95. The molecule has 2 unspecified atom stereocenters. The predicted molar refractivity (Wildman–Crippen MR) is 102 cm³/mol. The van der Waals surface area contributed by atoms with Crippen LogP contribution in [0.4, 0.5) is 14.5 Å². The Morgan fingerprint density at radius 1 is 1.07 bits per heavy atom. The smallest absolute Gasteiger partial charge is 0.253 e. The molecule has 0 bridgehead atoms. The molecule has 4 N–H and O–H groups in total. The Labute approximate surface area is 160 Å². The number of nitrogens with two attached hydrogens (primary N) is 1. The highest BCUT2D eigenvalue weighted by Gasteiger charge is 2.36. The second-order valence-corrected chi connectivity index (χ2v) is 6.96. The van der Waals surface area contributed by atoms with Gasteiger partial charge in [-0.3, -0.25) is 4.79 Å². The van der Waals surface area contributed by atoms with Gasteiger partial charge in [-0.2, -0.15) is 0 Å². The molecule has 2 aromatic carbocycles. The lowest BCUT2D eigenvalue weighted by Gasteiger charge is -2.31. The Morgan fingerprint density at radius 3 is 2.57 bits per heavy atom. The number of nitrogens with one attached hydrogen (secondary N) is 2. The number of hydrogen-bond acceptors (Lipinski definition) is 3. The molecule has 0 radical (unpaired) electrons. The van der Waals surface area contributed by atoms with Crippen LogP contribution in [0.2, 0.25) is 0 Å². The van der Waals surface area contributed by atoms with Crippen molar-refractivity contribution in [1.82, 2.24) is 10.3 Å². The zero-order chi connectivity index (χ0) is 20.0. The third kappa shape index (κ3) is 2.98. The summed E-state index contributed by atoms with van der Waals surface area (Å²) in [5.41, 5.74) is 9.39. The highest BCUT2D eigenvalue weighted by Crippen LogP contribution is 2.41. The van der Waals surface area contributed by atoms with E-state index in [1.807, 2.05) is 13.8 Å². The zero-order valence-corrected chi connectivity index (χ0v) is 15.3. The van der Waals surface area contributed by atoms with Crippen LogP contribution in [0, 0.1) is 18.6 Å². The van der Waals surface area contributed by atoms with Crippen LogP contribution in [0.15, 0.2) is 42.6 Å². The third-order valence-corrected chi connectivity index (χ3v) is 5.01. The number of amides is 1. The predicted octanol–water partition coefficient (Wildman–Crippen LogP) is 4.24. The monoisotopic (exact) mass is 383 g/mol. The first-order chi connectivity index (χ1) is 13.3. The summed E-state index contributed by atoms with van der Waals surface area (Å²) >= 11 is 0. The fourth-order valence-corrected chi connectivity index (χ4v) is 3.74. The second-order valence-electron chi connectivity index (χ2n) is 6.96. The van der Waals surface area contributed by atoms with Gasteiger partial charge in [0, 0.05) is 41.2 Å². The van der Waals surface area contributed by atoms with Crippen molar-refractivity contribution >= 4 is 11.6 Å². The molecule has 1 aromatic heterocycles. The van der Waals surface area contributed by atoms with E-state index < -0.39 is 11.6 Å². The highest BCUT2D eigenvalue weighted by atomic mass is 19.1. The summed E-state index contributed by atoms with van der Waals surface area (Å²) in [5.74, 6) is -1.58. The van der Waals surface area contributed by atoms with E-state index in [1.54, 1.807) is 24.4 Å². The Morgan fingerprint density at radius 2 is 1.82 bits per heavy atom. The van der Waals surface area contributed by atoms with Crippen molar-refractivity contribution < 1.29 is 18.3 Å². The van der Waals surface area contributed by atoms with Crippen molar-refractivity contribution in [3.05, 3.63) is 76.6 Å². The number of hydrogen-bond donors (Lipinski definition) is 3. The third-order valence-electron chi connectivity index (χ3n) is 5.01. The maximum atomic E-state index is 14.1. The molecule has 7 heteroatoms. The molecule has 1 aliphatic heterocycles. The quantitative estimate of drug-likeness (QED) is 0.592. The molecular formula is C21H19F2N3O2. The number of nitrogen functional groups attached to an aromatic ring is 1. The summed E-state index contributed by atoms with van der Waals surface area (Å²) in [4.78, 5) is 15.5. The molecular weight excluding hydrogens is 364 g/mol. The molecule has 1 amide bonds. The molecule has 3 aromatic rings. The van der Waals surface area contributed by atoms with Gasteiger partial charge in [0.15, 0.2) is 11.6 Å². The van der Waals surface area contributed by atoms with Gasteiger partial charge in [0.05, 0.1) is 5.56 Å². The lowest BCUT2D eigenvalue weighted by atomic mass is 9.81. The van der Waals surface area contributed by atoms with E-state index in [1.165, 1.54) is 6.07 Å². The number of carbonyl (C=O) groups is 1. The number of benzene rings is 2. The molecule has 2 atom stereocenters. The molecule has 0 fully saturated rings. The number of carbonyl (C=O) groups excluding carboxylic acids is 1. The zero-order valence-electron chi connectivity index (χ0n) is 15.3. The van der Waals surface area contributed by atoms with E-state index in [0.29, 0.717) is 22.6 Å². The number of halogens is 2. The molecule has 28 heavy (non-hydrogen) atoms. The Hall–Kier alpha value is -3.35. The summed E-state index contributed by atoms with van der Waals surface area (Å²) in [6.45, 7) is 3.72. The van der Waals surface area contributed by atoms with E-state index in [0.717, 1.165) is 23.4 Å². The fourth-order valence-electron chi connectivity index (χ4n) is 3.74. The SMILES string of the molecule is Cc1[nH]cc2c1C(=O)NC(C)C2c1cc(N)ccc1Oc1ccc(F)cc1F. The van der Waals surface area contributed by atoms with Crippen molar-refractivity contribution in [3.63, 3.8) is 0 Å². The Bertz CT molecular complexity index is 1080. The fraction of sp³-hybridized carbons (Fsp3) is 0.190. The molecule has 144 valence electrons. The van der Waals surface area contributed by atoms with E-state index in [-0.39, 0.29) is 23.6 Å². The molecule has 4 rings (SSSR count). The van der Waals surface area contributed by atoms with Crippen molar-refractivity contribution in [1.29, 1.82) is 0 Å². The van der Waals surface area contributed by atoms with E-state index in [4.69, 9.17) is 10.5 Å². The first-order valence-electron chi connectivity index (χ1n) is 8.86. The molecule has 2 heterocycles. The summed E-state index contributed by atoms with van der Waals surface area (Å²) in [6.07, 6.45) is 1.80. The lowest BCUT2D eigenvalue weighted by molar-refractivity contribution is 0.0923. The normalized spacial score (nSPS) is 18.5. The van der Waals surface area contributed by atoms with Crippen LogP contribution in [0.1, 0.15) is 40.0 Å². The molecule has 0 saturated heterocycles. The van der Waals surface area contributed by atoms with Crippen LogP contribution in [0.25, 0.3) is 0 Å². The molecule has 5 nitrogen and oxygen atoms in total. The molecule has 0 aliphatic carbocycles. The van der Waals surface area contributed by atoms with Crippen molar-refractivity contribution in [2.24, 2.45) is 0 Å². The summed E-state index contributed by atoms with van der Waals surface area (Å²) in [7, 11) is 0. The van der Waals surface area contributed by atoms with Crippen LogP contribution in [0.3, 0.4) is 0 Å². The number of fused-ring (bicyclic) bond motifs is 1. The van der Waals surface area contributed by atoms with Crippen LogP contribution in [-0.2, 0) is 0 Å². The second kappa shape index (κ2) is 6.67. The largest absolute Gasteiger partial charge is 0.454 e. The van der Waals surface area contributed by atoms with E-state index in [9.17, 15) is 13.6 Å². The minimum atomic E-state index is -0.800. The van der Waals surface area contributed by atoms with E-state index >= 15 is 0 Å². The number of aromatic amines is 1. The lowest BCUT2D eigenvalue weighted by Crippen LogP contribution is -2.42. The molecule has 0 saturated carbocycles. The van der Waals surface area contributed by atoms with Gasteiger partial charge in [-0.1, -0.05) is 0 Å². The highest BCUT2D eigenvalue weighted by molar-refractivity contribution is 5.99. The number of anilines is 1. The van der Waals surface area contributed by atoms with Gasteiger partial charge in [-0.05, 0) is 49.7 Å². The first kappa shape index (κ1) is 18.0. The standard InChI is InChI=1S/C21H19F2N3O2/c1-10-20-15(9-25-10)19(11(2)26-21(20)27)14-8-13(24)4-6-17(14)28-18-5-3-12(22)7-16(18)23/h3-9,11,19,25H,24H2,1-2H3,(H,26,27). The van der Waals surface area contributed by atoms with Gasteiger partial charge in [0.25, 0.3) is 5.91 Å². The number of ether oxygens (including phenoxy) is 1. The van der Waals surface area contributed by atoms with Gasteiger partial charge in [-0.25, -0.2) is 8.78 Å². The van der Waals surface area contributed by atoms with Gasteiger partial charge in [0.2, 0.25) is 0 Å². The van der Waals surface area contributed by atoms with Crippen LogP contribution >= 0.6 is 0 Å². The maximum absolute atomic E-state index is 14.1. The average molecular weight is 383 g/mol. The van der Waals surface area contributed by atoms with Crippen molar-refractivity contribution in [3.8, 4) is 11.5 Å². The summed E-state index contributed by atoms with van der Waals surface area (Å²) in [5, 5.41) is 2.96. The molecule has 0 spiro atoms. The maximum Gasteiger partial charge on any atom is 0.253 e. The van der Waals surface area contributed by atoms with Crippen LogP contribution in [0.5, 0.6) is 11.5 Å². The van der Waals surface area contributed by atoms with Gasteiger partial charge >= 0.3 is 0 Å². The minimum absolute atomic E-state index is 0.0922. The number of aryl methyl sites for hydroxylation is 1. The van der Waals surface area contributed by atoms with Crippen molar-refractivity contribution in [2.75, 3.05) is 5.73 Å². The van der Waals surface area contributed by atoms with Gasteiger partial charge in [-0.15, -0.1) is 0 Å². The Kier molecular flexibility index (Phi) is 4.30. The minimum Gasteiger partial charge on any atom is -0.454 e. The van der Waals surface area contributed by atoms with Crippen LogP contribution < -0.4 is 15.8 Å². The van der Waals surface area contributed by atoms with Crippen molar-refractivity contribution in [2.45, 2.75) is 25.8 Å². The first-order valence-corrected chi connectivity index (χ1v) is 8.86.